The van der Waals surface area contributed by atoms with Gasteiger partial charge >= 0.3 is 5.97 Å². The van der Waals surface area contributed by atoms with Crippen molar-refractivity contribution in [2.75, 3.05) is 5.32 Å². The first-order chi connectivity index (χ1) is 14.9. The molecule has 0 aliphatic carbocycles. The quantitative estimate of drug-likeness (QED) is 0.128. The molecule has 1 amide bonds. The topological polar surface area (TPSA) is 79.2 Å². The van der Waals surface area contributed by atoms with E-state index in [0.717, 1.165) is 9.13 Å². The largest absolute Gasteiger partial charge is 0.422 e. The number of nitrogens with one attached hydrogen (secondary N) is 1. The van der Waals surface area contributed by atoms with E-state index in [2.05, 4.69) is 43.8 Å². The Morgan fingerprint density at radius 2 is 1.74 bits per heavy atom. The van der Waals surface area contributed by atoms with E-state index in [-0.39, 0.29) is 11.3 Å². The second kappa shape index (κ2) is 10.4. The van der Waals surface area contributed by atoms with Crippen LogP contribution in [0.25, 0.3) is 6.08 Å². The van der Waals surface area contributed by atoms with Crippen LogP contribution in [0.1, 0.15) is 21.5 Å². The Morgan fingerprint density at radius 1 is 1.06 bits per heavy atom. The van der Waals surface area contributed by atoms with E-state index in [9.17, 15) is 14.9 Å². The van der Waals surface area contributed by atoms with E-state index in [4.69, 9.17) is 4.74 Å². The minimum atomic E-state index is -0.556. The van der Waals surface area contributed by atoms with Crippen molar-refractivity contribution < 1.29 is 14.3 Å². The number of hydrogen-bond acceptors (Lipinski definition) is 4. The Morgan fingerprint density at radius 3 is 2.39 bits per heavy atom. The van der Waals surface area contributed by atoms with E-state index in [1.54, 1.807) is 42.5 Å². The molecule has 3 aromatic carbocycles. The Labute approximate surface area is 202 Å². The molecule has 0 radical (unpaired) electrons. The van der Waals surface area contributed by atoms with Crippen LogP contribution in [0, 0.1) is 21.8 Å². The summed E-state index contributed by atoms with van der Waals surface area (Å²) in [5.74, 6) is -0.845. The van der Waals surface area contributed by atoms with Crippen molar-refractivity contribution in [3.05, 3.63) is 97.0 Å². The highest BCUT2D eigenvalue weighted by Gasteiger charge is 2.15. The molecule has 0 aliphatic rings. The van der Waals surface area contributed by atoms with Gasteiger partial charge < -0.3 is 10.1 Å². The number of rotatable bonds is 5. The number of nitriles is 1. The molecular formula is C24H16BrIN2O3. The van der Waals surface area contributed by atoms with Crippen molar-refractivity contribution in [3.63, 3.8) is 0 Å². The van der Waals surface area contributed by atoms with E-state index in [0.29, 0.717) is 21.3 Å². The number of amides is 1. The Balaban J connectivity index is 1.87. The minimum absolute atomic E-state index is 0.121. The van der Waals surface area contributed by atoms with E-state index in [1.807, 2.05) is 37.3 Å². The number of carbonyl (C=O) groups excluding carboxylic acids is 2. The highest BCUT2D eigenvalue weighted by Crippen LogP contribution is 2.27. The van der Waals surface area contributed by atoms with E-state index in [1.165, 1.54) is 6.08 Å². The normalized spacial score (nSPS) is 10.8. The zero-order valence-electron chi connectivity index (χ0n) is 16.4. The molecule has 5 nitrogen and oxygen atoms in total. The Hall–Kier alpha value is -2.96. The summed E-state index contributed by atoms with van der Waals surface area (Å²) in [6, 6.07) is 21.1. The number of benzene rings is 3. The molecule has 1 N–H and O–H groups in total. The van der Waals surface area contributed by atoms with Crippen LogP contribution in [0.15, 0.2) is 76.8 Å². The molecule has 0 unspecified atom stereocenters. The lowest BCUT2D eigenvalue weighted by atomic mass is 10.1. The first-order valence-electron chi connectivity index (χ1n) is 9.13. The minimum Gasteiger partial charge on any atom is -0.422 e. The Kier molecular flexibility index (Phi) is 7.60. The van der Waals surface area contributed by atoms with Crippen LogP contribution < -0.4 is 10.1 Å². The summed E-state index contributed by atoms with van der Waals surface area (Å²) in [5.41, 5.74) is 2.31. The smallest absolute Gasteiger partial charge is 0.343 e. The zero-order chi connectivity index (χ0) is 22.4. The van der Waals surface area contributed by atoms with Gasteiger partial charge in [0.2, 0.25) is 0 Å². The fraction of sp³-hybridized carbons (Fsp3) is 0.0417. The van der Waals surface area contributed by atoms with Gasteiger partial charge in [-0.3, -0.25) is 4.79 Å². The van der Waals surface area contributed by atoms with Crippen molar-refractivity contribution in [2.45, 2.75) is 6.92 Å². The number of ether oxygens (including phenoxy) is 1. The summed E-state index contributed by atoms with van der Waals surface area (Å²) in [5, 5.41) is 12.2. The lowest BCUT2D eigenvalue weighted by molar-refractivity contribution is -0.112. The lowest BCUT2D eigenvalue weighted by Crippen LogP contribution is -2.13. The third-order valence-corrected chi connectivity index (χ3v) is 5.44. The van der Waals surface area contributed by atoms with Gasteiger partial charge in [-0.25, -0.2) is 4.79 Å². The van der Waals surface area contributed by atoms with Gasteiger partial charge in [0.25, 0.3) is 5.91 Å². The standard InChI is InChI=1S/C24H16BrIN2O3/c1-15-2-4-16(5-3-15)24(30)31-22-11-6-19(25)13-17(22)12-18(14-27)23(29)28-21-9-7-20(26)8-10-21/h2-13H,1H3,(H,28,29)/b18-12+. The number of aryl methyl sites for hydroxylation is 1. The van der Waals surface area contributed by atoms with Gasteiger partial charge in [0.1, 0.15) is 17.4 Å². The zero-order valence-corrected chi connectivity index (χ0v) is 20.1. The molecular weight excluding hydrogens is 571 g/mol. The fourth-order valence-corrected chi connectivity index (χ4v) is 3.35. The highest BCUT2D eigenvalue weighted by molar-refractivity contribution is 14.1. The van der Waals surface area contributed by atoms with Gasteiger partial charge in [0, 0.05) is 19.3 Å². The lowest BCUT2D eigenvalue weighted by Gasteiger charge is -2.09. The molecule has 0 spiro atoms. The van der Waals surface area contributed by atoms with Crippen LogP contribution >= 0.6 is 38.5 Å². The Bertz CT molecular complexity index is 1200. The van der Waals surface area contributed by atoms with Crippen molar-refractivity contribution in [1.29, 1.82) is 5.26 Å². The van der Waals surface area contributed by atoms with Crippen LogP contribution in [0.3, 0.4) is 0 Å². The molecule has 0 fully saturated rings. The summed E-state index contributed by atoms with van der Waals surface area (Å²) in [4.78, 5) is 25.1. The summed E-state index contributed by atoms with van der Waals surface area (Å²) < 4.78 is 7.28. The van der Waals surface area contributed by atoms with Crippen molar-refractivity contribution >= 4 is 62.2 Å². The highest BCUT2D eigenvalue weighted by atomic mass is 127. The maximum Gasteiger partial charge on any atom is 0.343 e. The van der Waals surface area contributed by atoms with Crippen LogP contribution in [0.4, 0.5) is 5.69 Å². The molecule has 0 bridgehead atoms. The first-order valence-corrected chi connectivity index (χ1v) is 11.0. The van der Waals surface area contributed by atoms with Gasteiger partial charge in [-0.15, -0.1) is 0 Å². The molecule has 0 saturated carbocycles. The van der Waals surface area contributed by atoms with Crippen LogP contribution in [0.5, 0.6) is 5.75 Å². The molecule has 3 aromatic rings. The average Bonchev–Trinajstić information content (AvgIpc) is 2.75. The van der Waals surface area contributed by atoms with Crippen molar-refractivity contribution in [3.8, 4) is 11.8 Å². The van der Waals surface area contributed by atoms with Gasteiger partial charge in [0.15, 0.2) is 0 Å². The van der Waals surface area contributed by atoms with Crippen LogP contribution in [0.2, 0.25) is 0 Å². The van der Waals surface area contributed by atoms with E-state index < -0.39 is 11.9 Å². The summed E-state index contributed by atoms with van der Waals surface area (Å²) >= 11 is 5.54. The SMILES string of the molecule is Cc1ccc(C(=O)Oc2ccc(Br)cc2/C=C(\C#N)C(=O)Nc2ccc(I)cc2)cc1. The fourth-order valence-electron chi connectivity index (χ4n) is 2.61. The van der Waals surface area contributed by atoms with E-state index >= 15 is 0 Å². The molecule has 0 aliphatic heterocycles. The molecule has 31 heavy (non-hydrogen) atoms. The predicted molar refractivity (Wildman–Crippen MR) is 132 cm³/mol. The average molecular weight is 587 g/mol. The molecule has 154 valence electrons. The number of anilines is 1. The monoisotopic (exact) mass is 586 g/mol. The van der Waals surface area contributed by atoms with Crippen LogP contribution in [-0.4, -0.2) is 11.9 Å². The van der Waals surface area contributed by atoms with Crippen LogP contribution in [-0.2, 0) is 4.79 Å². The van der Waals surface area contributed by atoms with Gasteiger partial charge in [-0.05, 0) is 90.2 Å². The molecule has 0 aromatic heterocycles. The molecule has 0 atom stereocenters. The third kappa shape index (κ3) is 6.26. The van der Waals surface area contributed by atoms with Gasteiger partial charge in [0.05, 0.1) is 5.56 Å². The number of hydrogen-bond donors (Lipinski definition) is 1. The third-order valence-electron chi connectivity index (χ3n) is 4.23. The van der Waals surface area contributed by atoms with Crippen molar-refractivity contribution in [1.82, 2.24) is 0 Å². The second-order valence-electron chi connectivity index (χ2n) is 6.57. The number of carbonyl (C=O) groups is 2. The van der Waals surface area contributed by atoms with Gasteiger partial charge in [-0.1, -0.05) is 33.6 Å². The van der Waals surface area contributed by atoms with Crippen molar-refractivity contribution in [2.24, 2.45) is 0 Å². The molecule has 7 heteroatoms. The van der Waals surface area contributed by atoms with Gasteiger partial charge in [-0.2, -0.15) is 5.26 Å². The number of esters is 1. The maximum absolute atomic E-state index is 12.6. The summed E-state index contributed by atoms with van der Waals surface area (Å²) in [7, 11) is 0. The summed E-state index contributed by atoms with van der Waals surface area (Å²) in [6.07, 6.45) is 1.39. The number of halogens is 2. The maximum atomic E-state index is 12.6. The molecule has 3 rings (SSSR count). The molecule has 0 saturated heterocycles. The second-order valence-corrected chi connectivity index (χ2v) is 8.73. The predicted octanol–water partition coefficient (Wildman–Crippen LogP) is 6.13. The first kappa shape index (κ1) is 22.7. The number of nitrogens with zero attached hydrogens (tertiary/aromatic N) is 1. The molecule has 0 heterocycles. The summed E-state index contributed by atoms with van der Waals surface area (Å²) in [6.45, 7) is 1.93.